The van der Waals surface area contributed by atoms with Crippen molar-refractivity contribution >= 4 is 34.9 Å². The Morgan fingerprint density at radius 3 is 1.50 bits per heavy atom. The van der Waals surface area contributed by atoms with Gasteiger partial charge in [-0.2, -0.15) is 0 Å². The van der Waals surface area contributed by atoms with Gasteiger partial charge in [0, 0.05) is 11.0 Å². The Hall–Kier alpha value is 0.502. The Labute approximate surface area is 82.0 Å². The number of hydrogen-bond donors (Lipinski definition) is 2. The summed E-state index contributed by atoms with van der Waals surface area (Å²) in [6.45, 7) is 4.50. The molecular weight excluding hydrogens is 218 g/mol. The Balaban J connectivity index is -0.000000105. The topological polar surface area (TPSA) is 91.7 Å². The van der Waals surface area contributed by atoms with Gasteiger partial charge < -0.3 is 17.9 Å². The molecule has 0 aliphatic rings. The minimum atomic E-state index is -2.86. The zero-order valence-corrected chi connectivity index (χ0v) is 9.83. The van der Waals surface area contributed by atoms with Crippen molar-refractivity contribution in [3.05, 3.63) is 0 Å². The fraction of sp³-hybridized carbons (Fsp3) is 1.00. The summed E-state index contributed by atoms with van der Waals surface area (Å²) in [4.78, 5) is 6.99. The van der Waals surface area contributed by atoms with Gasteiger partial charge in [-0.3, -0.25) is 0 Å². The summed E-state index contributed by atoms with van der Waals surface area (Å²) < 4.78 is 32.5. The molecular formula is C4H12AlO5PS. The van der Waals surface area contributed by atoms with Crippen LogP contribution < -0.4 is 0 Å². The molecule has 0 radical (unpaired) electrons. The van der Waals surface area contributed by atoms with Crippen molar-refractivity contribution in [1.82, 2.24) is 0 Å². The first-order valence-electron chi connectivity index (χ1n) is 3.13. The van der Waals surface area contributed by atoms with Crippen LogP contribution in [-0.4, -0.2) is 24.7 Å². The molecule has 0 saturated heterocycles. The molecule has 0 bridgehead atoms. The molecule has 0 aromatic rings. The Kier molecular flexibility index (Phi) is 34.4. The molecule has 0 aliphatic heterocycles. The summed E-state index contributed by atoms with van der Waals surface area (Å²) in [6.07, 6.45) is 0. The van der Waals surface area contributed by atoms with Crippen molar-refractivity contribution in [2.45, 2.75) is 24.4 Å². The van der Waals surface area contributed by atoms with Crippen LogP contribution in [0.15, 0.2) is 0 Å². The number of hydrogen-bond acceptors (Lipinski definition) is 4. The van der Waals surface area contributed by atoms with Crippen LogP contribution in [0, 0.1) is 0 Å². The van der Waals surface area contributed by atoms with E-state index in [1.807, 2.05) is 0 Å². The first-order valence-corrected chi connectivity index (χ1v) is 6.56. The molecule has 0 rings (SSSR count). The van der Waals surface area contributed by atoms with Gasteiger partial charge in [-0.1, -0.05) is 0 Å². The average Bonchev–Trinajstić information content (AvgIpc) is 1.89. The van der Waals surface area contributed by atoms with E-state index in [-0.39, 0.29) is 0 Å². The minimum absolute atomic E-state index is 0.815. The fourth-order valence-corrected chi connectivity index (χ4v) is 0.866. The first-order chi connectivity index (χ1) is 5.56. The van der Waals surface area contributed by atoms with Crippen LogP contribution in [0.1, 0.15) is 13.8 Å². The predicted molar refractivity (Wildman–Crippen MR) is 47.9 cm³/mol. The van der Waals surface area contributed by atoms with Crippen LogP contribution in [0.2, 0.25) is 10.6 Å². The maximum absolute atomic E-state index is 8.56. The summed E-state index contributed by atoms with van der Waals surface area (Å²) in [5.41, 5.74) is 0. The van der Waals surface area contributed by atoms with Gasteiger partial charge in [0.15, 0.2) is 0 Å². The van der Waals surface area contributed by atoms with Crippen LogP contribution in [-0.2, 0) is 24.0 Å². The van der Waals surface area contributed by atoms with Crippen molar-refractivity contribution < 1.29 is 22.4 Å². The standard InChI is InChI=1S/2C2H5.Al.HO3S.HO2P/c2*1-2;;1-4(2)3;1-3-2/h2*1H2,2H3;;(H,1,2,3);(H,1,2)/q;;+1;-1;. The summed E-state index contributed by atoms with van der Waals surface area (Å²) in [6, 6.07) is 0. The van der Waals surface area contributed by atoms with Crippen LogP contribution in [0.3, 0.4) is 0 Å². The van der Waals surface area contributed by atoms with Crippen LogP contribution in [0.5, 0.6) is 0 Å². The third kappa shape index (κ3) is 151. The normalized spacial score (nSPS) is 7.42. The van der Waals surface area contributed by atoms with Crippen LogP contribution >= 0.6 is 8.69 Å². The van der Waals surface area contributed by atoms with Gasteiger partial charge in [0.2, 0.25) is 0 Å². The van der Waals surface area contributed by atoms with Crippen molar-refractivity contribution in [2.24, 2.45) is 0 Å². The second-order valence-corrected chi connectivity index (χ2v) is 4.21. The second kappa shape index (κ2) is 22.5. The molecule has 0 aliphatic carbocycles. The van der Waals surface area contributed by atoms with Gasteiger partial charge in [-0.25, -0.2) is 4.57 Å². The Morgan fingerprint density at radius 1 is 1.33 bits per heavy atom. The van der Waals surface area contributed by atoms with Gasteiger partial charge >= 0.3 is 48.3 Å². The monoisotopic (exact) mass is 230 g/mol. The fourth-order valence-electron chi connectivity index (χ4n) is 0.289. The predicted octanol–water partition coefficient (Wildman–Crippen LogP) is 1.52. The molecule has 0 aromatic carbocycles. The van der Waals surface area contributed by atoms with Crippen molar-refractivity contribution in [1.29, 1.82) is 0 Å². The van der Waals surface area contributed by atoms with E-state index < -0.39 is 19.7 Å². The third-order valence-electron chi connectivity index (χ3n) is 0.577. The molecule has 0 fully saturated rings. The van der Waals surface area contributed by atoms with E-state index in [1.165, 1.54) is 10.6 Å². The third-order valence-corrected chi connectivity index (χ3v) is 1.73. The maximum atomic E-state index is 8.56. The van der Waals surface area contributed by atoms with Crippen LogP contribution in [0.4, 0.5) is 0 Å². The molecule has 0 amide bonds. The van der Waals surface area contributed by atoms with Gasteiger partial charge in [-0.15, -0.1) is 0 Å². The Morgan fingerprint density at radius 2 is 1.50 bits per heavy atom. The largest absolute Gasteiger partial charge is 0.439 e. The molecule has 5 nitrogen and oxygen atoms in total. The second-order valence-electron chi connectivity index (χ2n) is 1.40. The zero-order chi connectivity index (χ0) is 10.4. The van der Waals surface area contributed by atoms with E-state index in [0.29, 0.717) is 0 Å². The summed E-state index contributed by atoms with van der Waals surface area (Å²) in [7, 11) is -3.69. The van der Waals surface area contributed by atoms with E-state index >= 15 is 0 Å². The van der Waals surface area contributed by atoms with E-state index in [4.69, 9.17) is 22.4 Å². The molecule has 0 aromatic heterocycles. The summed E-state index contributed by atoms with van der Waals surface area (Å²) in [5, 5.41) is 2.85. The molecule has 12 heavy (non-hydrogen) atoms. The summed E-state index contributed by atoms with van der Waals surface area (Å²) >= 11 is 0.815. The molecule has 2 N–H and O–H groups in total. The molecule has 0 spiro atoms. The van der Waals surface area contributed by atoms with Gasteiger partial charge in [0.05, 0.1) is 0 Å². The SMILES string of the molecule is C[CH2][Al+][CH2]C.O=PO.O=[S-](=O)O. The smallest absolute Gasteiger partial charge is 0.324 e. The zero-order valence-electron chi connectivity index (χ0n) is 6.97. The summed E-state index contributed by atoms with van der Waals surface area (Å²) in [5.74, 6) is 0. The van der Waals surface area contributed by atoms with Crippen molar-refractivity contribution in [3.63, 3.8) is 0 Å². The molecule has 72 valence electrons. The first kappa shape index (κ1) is 18.3. The van der Waals surface area contributed by atoms with Crippen LogP contribution in [0.25, 0.3) is 0 Å². The van der Waals surface area contributed by atoms with Gasteiger partial charge in [0.25, 0.3) is 0 Å². The Bertz CT molecular complexity index is 129. The van der Waals surface area contributed by atoms with Crippen molar-refractivity contribution in [2.75, 3.05) is 0 Å². The van der Waals surface area contributed by atoms with E-state index in [2.05, 4.69) is 13.8 Å². The molecule has 0 heterocycles. The van der Waals surface area contributed by atoms with E-state index in [1.54, 1.807) is 0 Å². The molecule has 0 unspecified atom stereocenters. The van der Waals surface area contributed by atoms with Gasteiger partial charge in [-0.05, 0) is 0 Å². The average molecular weight is 230 g/mol. The maximum Gasteiger partial charge on any atom is 0.324 e. The molecule has 0 atom stereocenters. The number of rotatable bonds is 2. The molecule has 8 heteroatoms. The van der Waals surface area contributed by atoms with E-state index in [9.17, 15) is 0 Å². The van der Waals surface area contributed by atoms with Crippen molar-refractivity contribution in [3.8, 4) is 0 Å². The van der Waals surface area contributed by atoms with E-state index in [0.717, 1.165) is 15.2 Å². The quantitative estimate of drug-likeness (QED) is 0.247. The minimum Gasteiger partial charge on any atom is -0.439 e. The van der Waals surface area contributed by atoms with Gasteiger partial charge in [0.1, 0.15) is 0 Å². The molecule has 0 saturated carbocycles.